The van der Waals surface area contributed by atoms with Crippen molar-refractivity contribution in [2.45, 2.75) is 32.2 Å². The summed E-state index contributed by atoms with van der Waals surface area (Å²) < 4.78 is 0. The Morgan fingerprint density at radius 3 is 2.50 bits per heavy atom. The second-order valence-corrected chi connectivity index (χ2v) is 5.88. The van der Waals surface area contributed by atoms with Crippen molar-refractivity contribution >= 4 is 5.78 Å². The summed E-state index contributed by atoms with van der Waals surface area (Å²) in [5.41, 5.74) is 0. The van der Waals surface area contributed by atoms with E-state index >= 15 is 0 Å². The maximum atomic E-state index is 11.2. The average molecular weight is 253 g/mol. The highest BCUT2D eigenvalue weighted by atomic mass is 16.1. The summed E-state index contributed by atoms with van der Waals surface area (Å²) in [6.07, 6.45) is 3.23. The third-order valence-electron chi connectivity index (χ3n) is 4.32. The average Bonchev–Trinajstić information content (AvgIpc) is 2.75. The first kappa shape index (κ1) is 14.0. The molecule has 0 aromatic heterocycles. The molecule has 2 saturated heterocycles. The molecule has 0 spiro atoms. The molecule has 2 fully saturated rings. The Kier molecular flexibility index (Phi) is 5.15. The standard InChI is InChI=1S/C14H27N3O/c1-13(18)12-14-4-3-5-17(14)11-10-16-8-6-15(2)7-9-16/h14H,3-12H2,1-2H3. The first-order valence-electron chi connectivity index (χ1n) is 7.29. The highest BCUT2D eigenvalue weighted by Crippen LogP contribution is 2.20. The molecule has 2 aliphatic heterocycles. The van der Waals surface area contributed by atoms with Crippen LogP contribution in [0.1, 0.15) is 26.2 Å². The zero-order chi connectivity index (χ0) is 13.0. The lowest BCUT2D eigenvalue weighted by molar-refractivity contribution is -0.118. The molecule has 2 aliphatic rings. The molecule has 0 aliphatic carbocycles. The van der Waals surface area contributed by atoms with Gasteiger partial charge in [-0.05, 0) is 33.4 Å². The van der Waals surface area contributed by atoms with Crippen molar-refractivity contribution in [2.24, 2.45) is 0 Å². The summed E-state index contributed by atoms with van der Waals surface area (Å²) in [6, 6.07) is 0.523. The molecular formula is C14H27N3O. The molecule has 0 aromatic carbocycles. The van der Waals surface area contributed by atoms with Gasteiger partial charge in [-0.1, -0.05) is 0 Å². The fraction of sp³-hybridized carbons (Fsp3) is 0.929. The summed E-state index contributed by atoms with van der Waals surface area (Å²) in [7, 11) is 2.20. The van der Waals surface area contributed by atoms with Gasteiger partial charge < -0.3 is 4.90 Å². The molecule has 0 aromatic rings. The van der Waals surface area contributed by atoms with E-state index < -0.39 is 0 Å². The molecule has 2 heterocycles. The maximum Gasteiger partial charge on any atom is 0.131 e. The van der Waals surface area contributed by atoms with Gasteiger partial charge in [0.05, 0.1) is 0 Å². The Hall–Kier alpha value is -0.450. The van der Waals surface area contributed by atoms with Crippen molar-refractivity contribution in [3.05, 3.63) is 0 Å². The molecular weight excluding hydrogens is 226 g/mol. The lowest BCUT2D eigenvalue weighted by Crippen LogP contribution is -2.47. The number of piperazine rings is 1. The van der Waals surface area contributed by atoms with E-state index in [0.717, 1.165) is 13.0 Å². The van der Waals surface area contributed by atoms with Gasteiger partial charge in [0.25, 0.3) is 0 Å². The topological polar surface area (TPSA) is 26.8 Å². The number of carbonyl (C=O) groups excluding carboxylic acids is 1. The molecule has 2 rings (SSSR count). The van der Waals surface area contributed by atoms with Gasteiger partial charge in [-0.25, -0.2) is 0 Å². The van der Waals surface area contributed by atoms with Crippen LogP contribution in [0.5, 0.6) is 0 Å². The van der Waals surface area contributed by atoms with Crippen molar-refractivity contribution in [1.29, 1.82) is 0 Å². The number of likely N-dealkylation sites (tertiary alicyclic amines) is 1. The monoisotopic (exact) mass is 253 g/mol. The highest BCUT2D eigenvalue weighted by Gasteiger charge is 2.25. The Labute approximate surface area is 111 Å². The van der Waals surface area contributed by atoms with Crippen LogP contribution >= 0.6 is 0 Å². The predicted molar refractivity (Wildman–Crippen MR) is 73.8 cm³/mol. The third kappa shape index (κ3) is 4.04. The van der Waals surface area contributed by atoms with Gasteiger partial charge in [-0.3, -0.25) is 14.6 Å². The molecule has 0 saturated carbocycles. The first-order valence-corrected chi connectivity index (χ1v) is 7.29. The van der Waals surface area contributed by atoms with E-state index in [4.69, 9.17) is 0 Å². The fourth-order valence-corrected chi connectivity index (χ4v) is 3.09. The van der Waals surface area contributed by atoms with Crippen LogP contribution in [0.3, 0.4) is 0 Å². The van der Waals surface area contributed by atoms with Gasteiger partial charge in [0.15, 0.2) is 0 Å². The number of carbonyl (C=O) groups is 1. The number of likely N-dealkylation sites (N-methyl/N-ethyl adjacent to an activating group) is 1. The lowest BCUT2D eigenvalue weighted by atomic mass is 10.1. The maximum absolute atomic E-state index is 11.2. The van der Waals surface area contributed by atoms with Crippen LogP contribution in [-0.4, -0.2) is 79.4 Å². The van der Waals surface area contributed by atoms with Crippen LogP contribution < -0.4 is 0 Å². The molecule has 0 N–H and O–H groups in total. The normalized spacial score (nSPS) is 27.8. The van der Waals surface area contributed by atoms with Crippen molar-refractivity contribution in [3.63, 3.8) is 0 Å². The largest absolute Gasteiger partial charge is 0.304 e. The van der Waals surface area contributed by atoms with Gasteiger partial charge in [0.1, 0.15) is 5.78 Å². The number of rotatable bonds is 5. The van der Waals surface area contributed by atoms with Crippen LogP contribution in [0.2, 0.25) is 0 Å². The molecule has 1 atom stereocenters. The summed E-state index contributed by atoms with van der Waals surface area (Å²) in [5.74, 6) is 0.339. The SMILES string of the molecule is CC(=O)CC1CCCN1CCN1CCN(C)CC1. The lowest BCUT2D eigenvalue weighted by Gasteiger charge is -2.34. The number of nitrogens with zero attached hydrogens (tertiary/aromatic N) is 3. The third-order valence-corrected chi connectivity index (χ3v) is 4.32. The summed E-state index contributed by atoms with van der Waals surface area (Å²) >= 11 is 0. The number of Topliss-reactive ketones (excluding diaryl/α,β-unsaturated/α-hetero) is 1. The Morgan fingerprint density at radius 2 is 1.83 bits per heavy atom. The zero-order valence-corrected chi connectivity index (χ0v) is 11.9. The van der Waals surface area contributed by atoms with Crippen molar-refractivity contribution in [3.8, 4) is 0 Å². The van der Waals surface area contributed by atoms with E-state index in [-0.39, 0.29) is 0 Å². The van der Waals surface area contributed by atoms with Crippen LogP contribution in [0, 0.1) is 0 Å². The molecule has 4 heteroatoms. The van der Waals surface area contributed by atoms with Gasteiger partial charge in [-0.15, -0.1) is 0 Å². The number of hydrogen-bond donors (Lipinski definition) is 0. The van der Waals surface area contributed by atoms with E-state index in [1.807, 2.05) is 0 Å². The first-order chi connectivity index (χ1) is 8.65. The number of ketones is 1. The molecule has 18 heavy (non-hydrogen) atoms. The van der Waals surface area contributed by atoms with Crippen molar-refractivity contribution < 1.29 is 4.79 Å². The predicted octanol–water partition coefficient (Wildman–Crippen LogP) is 0.677. The van der Waals surface area contributed by atoms with Crippen molar-refractivity contribution in [2.75, 3.05) is 52.9 Å². The van der Waals surface area contributed by atoms with Gasteiger partial charge in [-0.2, -0.15) is 0 Å². The second-order valence-electron chi connectivity index (χ2n) is 5.88. The Balaban J connectivity index is 1.70. The minimum Gasteiger partial charge on any atom is -0.304 e. The fourth-order valence-electron chi connectivity index (χ4n) is 3.09. The minimum atomic E-state index is 0.339. The summed E-state index contributed by atoms with van der Waals surface area (Å²) in [5, 5.41) is 0. The van der Waals surface area contributed by atoms with Crippen LogP contribution in [0.4, 0.5) is 0 Å². The zero-order valence-electron chi connectivity index (χ0n) is 11.9. The minimum absolute atomic E-state index is 0.339. The summed E-state index contributed by atoms with van der Waals surface area (Å²) in [6.45, 7) is 9.99. The molecule has 0 radical (unpaired) electrons. The van der Waals surface area contributed by atoms with Gasteiger partial charge >= 0.3 is 0 Å². The van der Waals surface area contributed by atoms with Crippen LogP contribution in [0.15, 0.2) is 0 Å². The van der Waals surface area contributed by atoms with Crippen LogP contribution in [0.25, 0.3) is 0 Å². The summed E-state index contributed by atoms with van der Waals surface area (Å²) in [4.78, 5) is 18.7. The highest BCUT2D eigenvalue weighted by molar-refractivity contribution is 5.76. The quantitative estimate of drug-likeness (QED) is 0.720. The Morgan fingerprint density at radius 1 is 1.11 bits per heavy atom. The van der Waals surface area contributed by atoms with E-state index in [1.54, 1.807) is 6.92 Å². The van der Waals surface area contributed by atoms with E-state index in [9.17, 15) is 4.79 Å². The Bertz CT molecular complexity index is 274. The van der Waals surface area contributed by atoms with Crippen LogP contribution in [-0.2, 0) is 4.79 Å². The van der Waals surface area contributed by atoms with E-state index in [1.165, 1.54) is 52.1 Å². The molecule has 1 unspecified atom stereocenters. The molecule has 4 nitrogen and oxygen atoms in total. The van der Waals surface area contributed by atoms with Crippen molar-refractivity contribution in [1.82, 2.24) is 14.7 Å². The van der Waals surface area contributed by atoms with E-state index in [0.29, 0.717) is 11.8 Å². The second kappa shape index (κ2) is 6.64. The van der Waals surface area contributed by atoms with E-state index in [2.05, 4.69) is 21.7 Å². The van der Waals surface area contributed by atoms with Gasteiger partial charge in [0.2, 0.25) is 0 Å². The molecule has 0 amide bonds. The molecule has 0 bridgehead atoms. The smallest absolute Gasteiger partial charge is 0.131 e. The number of hydrogen-bond acceptors (Lipinski definition) is 4. The molecule has 104 valence electrons. The van der Waals surface area contributed by atoms with Gasteiger partial charge in [0, 0.05) is 51.7 Å².